The normalized spacial score (nSPS) is 10.7. The minimum atomic E-state index is 0.528. The molecule has 0 spiro atoms. The Morgan fingerprint density at radius 3 is 2.29 bits per heavy atom. The van der Waals surface area contributed by atoms with Gasteiger partial charge in [0.05, 0.1) is 36.9 Å². The first-order valence-corrected chi connectivity index (χ1v) is 6.24. The molecule has 0 fully saturated rings. The van der Waals surface area contributed by atoms with Crippen LogP contribution in [-0.2, 0) is 21.4 Å². The summed E-state index contributed by atoms with van der Waals surface area (Å²) in [5, 5.41) is 0. The Morgan fingerprint density at radius 1 is 1.00 bits per heavy atom. The molecule has 0 aliphatic rings. The Labute approximate surface area is 112 Å². The molecule has 0 radical (unpaired) electrons. The van der Waals surface area contributed by atoms with E-state index in [1.807, 2.05) is 12.1 Å². The Kier molecular flexibility index (Phi) is 7.37. The van der Waals surface area contributed by atoms with Gasteiger partial charge < -0.3 is 5.73 Å². The van der Waals surface area contributed by atoms with Crippen molar-refractivity contribution in [3.05, 3.63) is 29.3 Å². The highest BCUT2D eigenvalue weighted by Gasteiger charge is 2.06. The molecule has 2 N–H and O–H groups in total. The summed E-state index contributed by atoms with van der Waals surface area (Å²) in [6.07, 6.45) is 3.52. The summed E-state index contributed by atoms with van der Waals surface area (Å²) in [5.41, 5.74) is 9.22. The number of halogens is 2. The molecule has 0 saturated heterocycles. The third-order valence-corrected chi connectivity index (χ3v) is 2.93. The van der Waals surface area contributed by atoms with Gasteiger partial charge in [-0.1, -0.05) is 12.1 Å². The van der Waals surface area contributed by atoms with E-state index in [4.69, 9.17) is 29.5 Å². The van der Waals surface area contributed by atoms with Crippen LogP contribution in [0.4, 0.5) is 5.69 Å². The molecule has 5 heteroatoms. The Bertz CT molecular complexity index is 334. The van der Waals surface area contributed by atoms with E-state index in [0.29, 0.717) is 13.2 Å². The molecule has 0 unspecified atom stereocenters. The van der Waals surface area contributed by atoms with Crippen LogP contribution in [0.2, 0.25) is 0 Å². The second-order valence-corrected chi connectivity index (χ2v) is 4.25. The predicted molar refractivity (Wildman–Crippen MR) is 71.1 cm³/mol. The van der Waals surface area contributed by atoms with Gasteiger partial charge in [0.2, 0.25) is 0 Å². The zero-order valence-corrected chi connectivity index (χ0v) is 11.1. The van der Waals surface area contributed by atoms with Crippen LogP contribution in [0.3, 0.4) is 0 Å². The number of hydrogen-bond donors (Lipinski definition) is 1. The van der Waals surface area contributed by atoms with Crippen molar-refractivity contribution < 1.29 is 8.58 Å². The zero-order chi connectivity index (χ0) is 12.5. The summed E-state index contributed by atoms with van der Waals surface area (Å²) >= 11 is 10.4. The standard InChI is InChI=1S/C12H17Cl2NO2/c13-16-8-2-5-10-4-1-7-12(15)11(10)6-3-9-17-14/h1,4,7H,2-3,5-6,8-9,15H2. The molecule has 1 aromatic rings. The van der Waals surface area contributed by atoms with E-state index in [1.54, 1.807) is 0 Å². The molecule has 3 nitrogen and oxygen atoms in total. The second-order valence-electron chi connectivity index (χ2n) is 3.82. The highest BCUT2D eigenvalue weighted by atomic mass is 35.5. The fourth-order valence-corrected chi connectivity index (χ4v) is 2.03. The maximum absolute atomic E-state index is 5.98. The van der Waals surface area contributed by atoms with Crippen molar-refractivity contribution >= 4 is 29.4 Å². The summed E-state index contributed by atoms with van der Waals surface area (Å²) in [6.45, 7) is 1.07. The number of anilines is 1. The van der Waals surface area contributed by atoms with E-state index < -0.39 is 0 Å². The molecule has 0 atom stereocenters. The summed E-state index contributed by atoms with van der Waals surface area (Å²) < 4.78 is 9.07. The summed E-state index contributed by atoms with van der Waals surface area (Å²) in [7, 11) is 0. The van der Waals surface area contributed by atoms with Crippen LogP contribution < -0.4 is 5.73 Å². The average Bonchev–Trinajstić information content (AvgIpc) is 2.33. The van der Waals surface area contributed by atoms with Crippen LogP contribution in [0.25, 0.3) is 0 Å². The molecule has 96 valence electrons. The molecular formula is C12H17Cl2NO2. The number of nitrogen functional groups attached to an aromatic ring is 1. The van der Waals surface area contributed by atoms with Crippen LogP contribution in [0.15, 0.2) is 18.2 Å². The zero-order valence-electron chi connectivity index (χ0n) is 9.62. The Morgan fingerprint density at radius 2 is 1.65 bits per heavy atom. The van der Waals surface area contributed by atoms with Crippen LogP contribution in [0.5, 0.6) is 0 Å². The molecule has 17 heavy (non-hydrogen) atoms. The predicted octanol–water partition coefficient (Wildman–Crippen LogP) is 3.47. The molecule has 0 amide bonds. The van der Waals surface area contributed by atoms with Gasteiger partial charge in [-0.25, -0.2) is 0 Å². The first-order valence-electron chi connectivity index (χ1n) is 5.63. The van der Waals surface area contributed by atoms with Gasteiger partial charge in [0.25, 0.3) is 0 Å². The molecule has 0 saturated carbocycles. The van der Waals surface area contributed by atoms with Gasteiger partial charge in [-0.2, -0.15) is 0 Å². The average molecular weight is 278 g/mol. The van der Waals surface area contributed by atoms with Crippen molar-refractivity contribution in [2.75, 3.05) is 18.9 Å². The summed E-state index contributed by atoms with van der Waals surface area (Å²) in [6, 6.07) is 5.97. The molecule has 0 heterocycles. The fraction of sp³-hybridized carbons (Fsp3) is 0.500. The van der Waals surface area contributed by atoms with Crippen molar-refractivity contribution in [3.63, 3.8) is 0 Å². The van der Waals surface area contributed by atoms with Crippen LogP contribution in [-0.4, -0.2) is 13.2 Å². The number of rotatable bonds is 8. The topological polar surface area (TPSA) is 44.5 Å². The van der Waals surface area contributed by atoms with E-state index in [9.17, 15) is 0 Å². The monoisotopic (exact) mass is 277 g/mol. The van der Waals surface area contributed by atoms with Crippen molar-refractivity contribution in [2.24, 2.45) is 0 Å². The Hall–Kier alpha value is -0.480. The van der Waals surface area contributed by atoms with E-state index in [-0.39, 0.29) is 0 Å². The maximum atomic E-state index is 5.98. The van der Waals surface area contributed by atoms with E-state index >= 15 is 0 Å². The summed E-state index contributed by atoms with van der Waals surface area (Å²) in [4.78, 5) is 0. The summed E-state index contributed by atoms with van der Waals surface area (Å²) in [5.74, 6) is 0. The minimum Gasteiger partial charge on any atom is -0.398 e. The van der Waals surface area contributed by atoms with E-state index in [1.165, 1.54) is 11.1 Å². The molecule has 0 aliphatic carbocycles. The van der Waals surface area contributed by atoms with E-state index in [2.05, 4.69) is 14.6 Å². The third kappa shape index (κ3) is 5.13. The first-order chi connectivity index (χ1) is 8.29. The Balaban J connectivity index is 2.63. The molecule has 0 bridgehead atoms. The molecule has 0 aromatic heterocycles. The van der Waals surface area contributed by atoms with Gasteiger partial charge in [-0.05, 0) is 42.9 Å². The van der Waals surface area contributed by atoms with Gasteiger partial charge in [-0.15, -0.1) is 0 Å². The van der Waals surface area contributed by atoms with Crippen LogP contribution in [0.1, 0.15) is 24.0 Å². The maximum Gasteiger partial charge on any atom is 0.0685 e. The number of nitrogens with two attached hydrogens (primary N) is 1. The lowest BCUT2D eigenvalue weighted by atomic mass is 9.98. The molecule has 1 aromatic carbocycles. The minimum absolute atomic E-state index is 0.528. The first kappa shape index (κ1) is 14.6. The number of benzene rings is 1. The van der Waals surface area contributed by atoms with Crippen molar-refractivity contribution in [3.8, 4) is 0 Å². The quantitative estimate of drug-likeness (QED) is 0.585. The highest BCUT2D eigenvalue weighted by Crippen LogP contribution is 2.20. The second kappa shape index (κ2) is 8.59. The van der Waals surface area contributed by atoms with E-state index in [0.717, 1.165) is 31.4 Å². The number of hydrogen-bond acceptors (Lipinski definition) is 3. The van der Waals surface area contributed by atoms with Gasteiger partial charge in [0.15, 0.2) is 0 Å². The van der Waals surface area contributed by atoms with Gasteiger partial charge >= 0.3 is 0 Å². The third-order valence-electron chi connectivity index (χ3n) is 2.63. The number of aryl methyl sites for hydroxylation is 1. The largest absolute Gasteiger partial charge is 0.398 e. The van der Waals surface area contributed by atoms with Crippen molar-refractivity contribution in [2.45, 2.75) is 25.7 Å². The van der Waals surface area contributed by atoms with Crippen LogP contribution in [0, 0.1) is 0 Å². The lowest BCUT2D eigenvalue weighted by molar-refractivity contribution is 0.340. The molecule has 0 aliphatic heterocycles. The lowest BCUT2D eigenvalue weighted by Crippen LogP contribution is -2.03. The van der Waals surface area contributed by atoms with Gasteiger partial charge in [0.1, 0.15) is 0 Å². The lowest BCUT2D eigenvalue weighted by Gasteiger charge is -2.11. The highest BCUT2D eigenvalue weighted by molar-refractivity contribution is 6.07. The van der Waals surface area contributed by atoms with Crippen LogP contribution >= 0.6 is 23.7 Å². The fourth-order valence-electron chi connectivity index (χ4n) is 1.81. The smallest absolute Gasteiger partial charge is 0.0685 e. The van der Waals surface area contributed by atoms with Gasteiger partial charge in [0, 0.05) is 5.69 Å². The SMILES string of the molecule is Nc1cccc(CCCOCl)c1CCCOCl. The van der Waals surface area contributed by atoms with Gasteiger partial charge in [-0.3, -0.25) is 8.58 Å². The molecule has 1 rings (SSSR count). The van der Waals surface area contributed by atoms with Crippen molar-refractivity contribution in [1.82, 2.24) is 0 Å². The van der Waals surface area contributed by atoms with Crippen molar-refractivity contribution in [1.29, 1.82) is 0 Å². The molecular weight excluding hydrogens is 261 g/mol.